The van der Waals surface area contributed by atoms with E-state index in [1.165, 1.54) is 23.3 Å². The summed E-state index contributed by atoms with van der Waals surface area (Å²) in [6.45, 7) is 7.95. The smallest absolute Gasteiger partial charge is 0.123 e. The molecule has 0 aliphatic rings. The molecule has 0 aromatic heterocycles. The molecule has 2 rings (SSSR count). The van der Waals surface area contributed by atoms with Gasteiger partial charge in [0.2, 0.25) is 0 Å². The lowest BCUT2D eigenvalue weighted by atomic mass is 9.84. The van der Waals surface area contributed by atoms with Crippen LogP contribution in [-0.4, -0.2) is 5.11 Å². The highest BCUT2D eigenvalue weighted by molar-refractivity contribution is 5.40. The van der Waals surface area contributed by atoms with Crippen LogP contribution in [0.3, 0.4) is 0 Å². The molecule has 0 saturated heterocycles. The van der Waals surface area contributed by atoms with Crippen LogP contribution in [-0.2, 0) is 12.0 Å². The zero-order valence-corrected chi connectivity index (χ0v) is 12.5. The van der Waals surface area contributed by atoms with E-state index in [2.05, 4.69) is 13.0 Å². The molecule has 0 fully saturated rings. The van der Waals surface area contributed by atoms with Gasteiger partial charge in [-0.05, 0) is 67.6 Å². The lowest BCUT2D eigenvalue weighted by molar-refractivity contribution is 0.0569. The van der Waals surface area contributed by atoms with Crippen molar-refractivity contribution in [3.8, 4) is 0 Å². The van der Waals surface area contributed by atoms with E-state index in [1.807, 2.05) is 26.8 Å². The Morgan fingerprint density at radius 1 is 0.950 bits per heavy atom. The summed E-state index contributed by atoms with van der Waals surface area (Å²) in [6.07, 6.45) is 0.469. The molecule has 2 aromatic carbocycles. The predicted molar refractivity (Wildman–Crippen MR) is 80.3 cm³/mol. The van der Waals surface area contributed by atoms with E-state index < -0.39 is 5.60 Å². The first-order valence-electron chi connectivity index (χ1n) is 6.85. The van der Waals surface area contributed by atoms with Gasteiger partial charge < -0.3 is 5.11 Å². The van der Waals surface area contributed by atoms with Crippen LogP contribution in [0, 0.1) is 26.6 Å². The molecule has 0 bridgehead atoms. The number of rotatable bonds is 3. The number of hydrogen-bond acceptors (Lipinski definition) is 1. The van der Waals surface area contributed by atoms with Crippen molar-refractivity contribution in [3.05, 3.63) is 70.0 Å². The van der Waals surface area contributed by atoms with E-state index in [0.29, 0.717) is 6.42 Å². The molecule has 0 radical (unpaired) electrons. The summed E-state index contributed by atoms with van der Waals surface area (Å²) in [7, 11) is 0. The molecular weight excluding hydrogens is 251 g/mol. The Hall–Kier alpha value is -1.67. The van der Waals surface area contributed by atoms with Crippen molar-refractivity contribution in [1.29, 1.82) is 0 Å². The van der Waals surface area contributed by atoms with E-state index in [0.717, 1.165) is 16.7 Å². The molecule has 20 heavy (non-hydrogen) atoms. The van der Waals surface area contributed by atoms with Gasteiger partial charge in [0.1, 0.15) is 5.82 Å². The Balaban J connectivity index is 2.34. The summed E-state index contributed by atoms with van der Waals surface area (Å²) in [5, 5.41) is 10.8. The Morgan fingerprint density at radius 3 is 2.10 bits per heavy atom. The predicted octanol–water partition coefficient (Wildman–Crippen LogP) is 4.20. The molecule has 0 aliphatic carbocycles. The van der Waals surface area contributed by atoms with Crippen LogP contribution < -0.4 is 0 Å². The van der Waals surface area contributed by atoms with E-state index in [9.17, 15) is 9.50 Å². The van der Waals surface area contributed by atoms with Gasteiger partial charge in [0, 0.05) is 6.42 Å². The van der Waals surface area contributed by atoms with Crippen LogP contribution in [0.1, 0.15) is 34.7 Å². The van der Waals surface area contributed by atoms with Gasteiger partial charge in [-0.1, -0.05) is 24.3 Å². The fourth-order valence-electron chi connectivity index (χ4n) is 2.64. The van der Waals surface area contributed by atoms with Gasteiger partial charge in [0.05, 0.1) is 5.60 Å². The topological polar surface area (TPSA) is 20.2 Å². The van der Waals surface area contributed by atoms with Gasteiger partial charge in [0.15, 0.2) is 0 Å². The molecule has 2 heteroatoms. The summed E-state index contributed by atoms with van der Waals surface area (Å²) in [5.74, 6) is -0.254. The first kappa shape index (κ1) is 14.7. The standard InChI is InChI=1S/C18H21FO/c1-12-9-14(3)17(10-13(12)2)18(4,20)11-15-5-7-16(19)8-6-15/h5-10,20H,11H2,1-4H3. The molecule has 0 spiro atoms. The Bertz CT molecular complexity index is 612. The van der Waals surface area contributed by atoms with Gasteiger partial charge in [-0.2, -0.15) is 0 Å². The first-order valence-corrected chi connectivity index (χ1v) is 6.85. The van der Waals surface area contributed by atoms with E-state index in [-0.39, 0.29) is 5.82 Å². The highest BCUT2D eigenvalue weighted by Crippen LogP contribution is 2.30. The SMILES string of the molecule is Cc1cc(C)c(C(C)(O)Cc2ccc(F)cc2)cc1C. The molecule has 1 nitrogen and oxygen atoms in total. The lowest BCUT2D eigenvalue weighted by Gasteiger charge is -2.27. The van der Waals surface area contributed by atoms with Crippen LogP contribution in [0.15, 0.2) is 36.4 Å². The number of halogens is 1. The average molecular weight is 272 g/mol. The highest BCUT2D eigenvalue weighted by atomic mass is 19.1. The van der Waals surface area contributed by atoms with Crippen LogP contribution in [0.2, 0.25) is 0 Å². The third kappa shape index (κ3) is 3.07. The number of aliphatic hydroxyl groups is 1. The maximum atomic E-state index is 12.9. The van der Waals surface area contributed by atoms with E-state index >= 15 is 0 Å². The largest absolute Gasteiger partial charge is 0.385 e. The second-order valence-corrected chi connectivity index (χ2v) is 5.83. The number of benzene rings is 2. The van der Waals surface area contributed by atoms with Gasteiger partial charge in [-0.3, -0.25) is 0 Å². The molecule has 0 saturated carbocycles. The summed E-state index contributed by atoms with van der Waals surface area (Å²) < 4.78 is 12.9. The first-order chi connectivity index (χ1) is 9.29. The zero-order valence-electron chi connectivity index (χ0n) is 12.5. The van der Waals surface area contributed by atoms with Crippen molar-refractivity contribution in [1.82, 2.24) is 0 Å². The molecule has 1 atom stereocenters. The average Bonchev–Trinajstić information content (AvgIpc) is 2.36. The van der Waals surface area contributed by atoms with Gasteiger partial charge in [-0.25, -0.2) is 4.39 Å². The summed E-state index contributed by atoms with van der Waals surface area (Å²) in [6, 6.07) is 10.5. The van der Waals surface area contributed by atoms with Gasteiger partial charge in [0.25, 0.3) is 0 Å². The number of aryl methyl sites for hydroxylation is 3. The maximum absolute atomic E-state index is 12.9. The molecule has 106 valence electrons. The highest BCUT2D eigenvalue weighted by Gasteiger charge is 2.25. The minimum Gasteiger partial charge on any atom is -0.385 e. The second kappa shape index (κ2) is 5.37. The molecule has 2 aromatic rings. The Morgan fingerprint density at radius 2 is 1.50 bits per heavy atom. The van der Waals surface area contributed by atoms with Crippen LogP contribution in [0.5, 0.6) is 0 Å². The molecule has 0 heterocycles. The fraction of sp³-hybridized carbons (Fsp3) is 0.333. The van der Waals surface area contributed by atoms with Crippen molar-refractivity contribution >= 4 is 0 Å². The monoisotopic (exact) mass is 272 g/mol. The normalized spacial score (nSPS) is 14.1. The molecule has 1 N–H and O–H groups in total. The van der Waals surface area contributed by atoms with Gasteiger partial charge >= 0.3 is 0 Å². The molecule has 0 aliphatic heterocycles. The third-order valence-corrected chi connectivity index (χ3v) is 3.88. The van der Waals surface area contributed by atoms with Crippen molar-refractivity contribution in [2.24, 2.45) is 0 Å². The summed E-state index contributed by atoms with van der Waals surface area (Å²) >= 11 is 0. The zero-order chi connectivity index (χ0) is 14.9. The maximum Gasteiger partial charge on any atom is 0.123 e. The van der Waals surface area contributed by atoms with Crippen molar-refractivity contribution in [2.45, 2.75) is 39.7 Å². The van der Waals surface area contributed by atoms with Gasteiger partial charge in [-0.15, -0.1) is 0 Å². The summed E-state index contributed by atoms with van der Waals surface area (Å²) in [5.41, 5.74) is 4.38. The molecule has 0 amide bonds. The van der Waals surface area contributed by atoms with Crippen molar-refractivity contribution in [3.63, 3.8) is 0 Å². The number of hydrogen-bond donors (Lipinski definition) is 1. The lowest BCUT2D eigenvalue weighted by Crippen LogP contribution is -2.25. The Labute approximate surface area is 120 Å². The Kier molecular flexibility index (Phi) is 3.96. The minimum absolute atomic E-state index is 0.254. The second-order valence-electron chi connectivity index (χ2n) is 5.83. The fourth-order valence-corrected chi connectivity index (χ4v) is 2.64. The third-order valence-electron chi connectivity index (χ3n) is 3.88. The van der Waals surface area contributed by atoms with Crippen molar-refractivity contribution in [2.75, 3.05) is 0 Å². The minimum atomic E-state index is -0.958. The molecule has 1 unspecified atom stereocenters. The van der Waals surface area contributed by atoms with Crippen LogP contribution in [0.25, 0.3) is 0 Å². The van der Waals surface area contributed by atoms with Crippen LogP contribution in [0.4, 0.5) is 4.39 Å². The summed E-state index contributed by atoms with van der Waals surface area (Å²) in [4.78, 5) is 0. The molecular formula is C18H21FO. The van der Waals surface area contributed by atoms with Crippen molar-refractivity contribution < 1.29 is 9.50 Å². The quantitative estimate of drug-likeness (QED) is 0.887. The van der Waals surface area contributed by atoms with E-state index in [4.69, 9.17) is 0 Å². The van der Waals surface area contributed by atoms with Crippen LogP contribution >= 0.6 is 0 Å². The van der Waals surface area contributed by atoms with E-state index in [1.54, 1.807) is 12.1 Å².